The second kappa shape index (κ2) is 5.62. The Morgan fingerprint density at radius 2 is 1.90 bits per heavy atom. The van der Waals surface area contributed by atoms with Crippen LogP contribution < -0.4 is 4.74 Å². The molecule has 0 fully saturated rings. The Morgan fingerprint density at radius 1 is 1.15 bits per heavy atom. The summed E-state index contributed by atoms with van der Waals surface area (Å²) >= 11 is 0. The van der Waals surface area contributed by atoms with Crippen LogP contribution in [-0.2, 0) is 6.61 Å². The molecule has 0 aliphatic rings. The van der Waals surface area contributed by atoms with Crippen molar-refractivity contribution >= 4 is 5.69 Å². The molecule has 20 heavy (non-hydrogen) atoms. The summed E-state index contributed by atoms with van der Waals surface area (Å²) in [5.74, 6) is -1.68. The number of nitro groups is 1. The quantitative estimate of drug-likeness (QED) is 0.690. The minimum absolute atomic E-state index is 0.0243. The lowest BCUT2D eigenvalue weighted by molar-refractivity contribution is -0.385. The van der Waals surface area contributed by atoms with Crippen molar-refractivity contribution in [1.82, 2.24) is 0 Å². The zero-order chi connectivity index (χ0) is 14.7. The van der Waals surface area contributed by atoms with E-state index in [1.54, 1.807) is 0 Å². The second-order valence-electron chi connectivity index (χ2n) is 3.92. The molecule has 0 aliphatic carbocycles. The highest BCUT2D eigenvalue weighted by Crippen LogP contribution is 2.32. The lowest BCUT2D eigenvalue weighted by atomic mass is 10.2. The summed E-state index contributed by atoms with van der Waals surface area (Å²) in [7, 11) is 0. The first-order valence-corrected chi connectivity index (χ1v) is 5.51. The minimum Gasteiger partial charge on any atom is -0.450 e. The van der Waals surface area contributed by atoms with Crippen molar-refractivity contribution in [3.63, 3.8) is 0 Å². The fraction of sp³-hybridized carbons (Fsp3) is 0.0769. The van der Waals surface area contributed by atoms with Crippen molar-refractivity contribution in [2.45, 2.75) is 6.61 Å². The highest BCUT2D eigenvalue weighted by Gasteiger charge is 2.17. The molecule has 0 amide bonds. The Balaban J connectivity index is 2.39. The number of benzene rings is 2. The third-order valence-corrected chi connectivity index (χ3v) is 2.46. The molecule has 0 heterocycles. The Hall–Kier alpha value is -2.54. The highest BCUT2D eigenvalue weighted by molar-refractivity contribution is 5.48. The number of aliphatic hydroxyl groups excluding tert-OH is 1. The molecule has 0 radical (unpaired) electrons. The van der Waals surface area contributed by atoms with E-state index >= 15 is 0 Å². The lowest BCUT2D eigenvalue weighted by Crippen LogP contribution is -1.95. The van der Waals surface area contributed by atoms with E-state index in [4.69, 9.17) is 9.84 Å². The predicted octanol–water partition coefficient (Wildman–Crippen LogP) is 3.16. The van der Waals surface area contributed by atoms with Crippen molar-refractivity contribution < 1.29 is 23.5 Å². The Labute approximate surface area is 112 Å². The minimum atomic E-state index is -0.801. The number of ether oxygens (including phenoxy) is 1. The summed E-state index contributed by atoms with van der Waals surface area (Å²) in [6.45, 7) is -0.403. The Bertz CT molecular complexity index is 661. The maximum absolute atomic E-state index is 13.3. The fourth-order valence-electron chi connectivity index (χ4n) is 1.62. The smallest absolute Gasteiger partial charge is 0.314 e. The van der Waals surface area contributed by atoms with E-state index in [9.17, 15) is 18.9 Å². The number of halogens is 2. The summed E-state index contributed by atoms with van der Waals surface area (Å²) in [4.78, 5) is 10.00. The van der Waals surface area contributed by atoms with Crippen LogP contribution in [0.4, 0.5) is 14.5 Å². The lowest BCUT2D eigenvalue weighted by Gasteiger charge is -2.08. The van der Waals surface area contributed by atoms with E-state index in [-0.39, 0.29) is 17.1 Å². The van der Waals surface area contributed by atoms with Gasteiger partial charge >= 0.3 is 5.69 Å². The highest BCUT2D eigenvalue weighted by atomic mass is 19.1. The summed E-state index contributed by atoms with van der Waals surface area (Å²) in [5, 5.41) is 19.8. The summed E-state index contributed by atoms with van der Waals surface area (Å²) in [6.07, 6.45) is 0. The van der Waals surface area contributed by atoms with Crippen LogP contribution in [0.3, 0.4) is 0 Å². The molecule has 0 saturated heterocycles. The van der Waals surface area contributed by atoms with Gasteiger partial charge in [0, 0.05) is 6.07 Å². The van der Waals surface area contributed by atoms with E-state index in [0.717, 1.165) is 24.3 Å². The topological polar surface area (TPSA) is 72.6 Å². The molecule has 0 bridgehead atoms. The normalized spacial score (nSPS) is 10.3. The van der Waals surface area contributed by atoms with Gasteiger partial charge in [-0.1, -0.05) is 0 Å². The molecule has 5 nitrogen and oxygen atoms in total. The largest absolute Gasteiger partial charge is 0.450 e. The second-order valence-corrected chi connectivity index (χ2v) is 3.92. The molecule has 0 unspecified atom stereocenters. The van der Waals surface area contributed by atoms with Crippen LogP contribution in [0.1, 0.15) is 5.56 Å². The zero-order valence-corrected chi connectivity index (χ0v) is 10.0. The van der Waals surface area contributed by atoms with Gasteiger partial charge in [-0.15, -0.1) is 0 Å². The first kappa shape index (κ1) is 13.9. The average Bonchev–Trinajstić information content (AvgIpc) is 2.40. The molecule has 1 N–H and O–H groups in total. The summed E-state index contributed by atoms with van der Waals surface area (Å²) in [6, 6.07) is 6.22. The SMILES string of the molecule is O=[N+]([O-])c1cc(F)ccc1Oc1cc(F)cc(CO)c1. The van der Waals surface area contributed by atoms with Gasteiger partial charge in [0.15, 0.2) is 0 Å². The van der Waals surface area contributed by atoms with Gasteiger partial charge in [-0.3, -0.25) is 10.1 Å². The van der Waals surface area contributed by atoms with Gasteiger partial charge in [-0.2, -0.15) is 0 Å². The molecule has 7 heteroatoms. The molecule has 2 rings (SSSR count). The Morgan fingerprint density at radius 3 is 2.55 bits per heavy atom. The van der Waals surface area contributed by atoms with E-state index in [0.29, 0.717) is 6.07 Å². The number of nitrogens with zero attached hydrogens (tertiary/aromatic N) is 1. The van der Waals surface area contributed by atoms with Crippen molar-refractivity contribution in [3.05, 3.63) is 63.7 Å². The van der Waals surface area contributed by atoms with Crippen molar-refractivity contribution in [3.8, 4) is 11.5 Å². The Kier molecular flexibility index (Phi) is 3.90. The van der Waals surface area contributed by atoms with Crippen LogP contribution in [0.15, 0.2) is 36.4 Å². The average molecular weight is 281 g/mol. The molecule has 104 valence electrons. The molecular weight excluding hydrogens is 272 g/mol. The number of hydrogen-bond donors (Lipinski definition) is 1. The van der Waals surface area contributed by atoms with Crippen molar-refractivity contribution in [2.24, 2.45) is 0 Å². The third-order valence-electron chi connectivity index (χ3n) is 2.46. The van der Waals surface area contributed by atoms with Crippen LogP contribution in [0, 0.1) is 21.7 Å². The van der Waals surface area contributed by atoms with Crippen LogP contribution >= 0.6 is 0 Å². The first-order valence-electron chi connectivity index (χ1n) is 5.51. The van der Waals surface area contributed by atoms with E-state index in [1.807, 2.05) is 0 Å². The number of aliphatic hydroxyl groups is 1. The van der Waals surface area contributed by atoms with Gasteiger partial charge in [0.2, 0.25) is 5.75 Å². The maximum atomic E-state index is 13.3. The molecule has 0 aliphatic heterocycles. The van der Waals surface area contributed by atoms with Gasteiger partial charge in [-0.05, 0) is 29.8 Å². The molecular formula is C13H9F2NO4. The summed E-state index contributed by atoms with van der Waals surface area (Å²) < 4.78 is 31.4. The van der Waals surface area contributed by atoms with Gasteiger partial charge in [0.1, 0.15) is 17.4 Å². The number of hydrogen-bond acceptors (Lipinski definition) is 4. The zero-order valence-electron chi connectivity index (χ0n) is 10.0. The number of nitro benzene ring substituents is 1. The van der Waals surface area contributed by atoms with Gasteiger partial charge in [-0.25, -0.2) is 8.78 Å². The van der Waals surface area contributed by atoms with Gasteiger partial charge in [0.05, 0.1) is 17.6 Å². The monoisotopic (exact) mass is 281 g/mol. The van der Waals surface area contributed by atoms with Gasteiger partial charge in [0.25, 0.3) is 0 Å². The van der Waals surface area contributed by atoms with E-state index in [2.05, 4.69) is 0 Å². The molecule has 2 aromatic rings. The van der Waals surface area contributed by atoms with Crippen LogP contribution in [0.25, 0.3) is 0 Å². The van der Waals surface area contributed by atoms with Crippen molar-refractivity contribution in [2.75, 3.05) is 0 Å². The summed E-state index contributed by atoms with van der Waals surface area (Å²) in [5.41, 5.74) is -0.315. The standard InChI is InChI=1S/C13H9F2NO4/c14-9-1-2-13(12(6-9)16(18)19)20-11-4-8(7-17)3-10(15)5-11/h1-6,17H,7H2. The van der Waals surface area contributed by atoms with E-state index < -0.39 is 28.9 Å². The van der Waals surface area contributed by atoms with Crippen molar-refractivity contribution in [1.29, 1.82) is 0 Å². The third kappa shape index (κ3) is 3.07. The van der Waals surface area contributed by atoms with Crippen LogP contribution in [-0.4, -0.2) is 10.0 Å². The number of rotatable bonds is 4. The van der Waals surface area contributed by atoms with Crippen LogP contribution in [0.2, 0.25) is 0 Å². The molecule has 0 saturated carbocycles. The molecule has 2 aromatic carbocycles. The molecule has 0 spiro atoms. The molecule has 0 atom stereocenters. The fourth-order valence-corrected chi connectivity index (χ4v) is 1.62. The van der Waals surface area contributed by atoms with Crippen LogP contribution in [0.5, 0.6) is 11.5 Å². The first-order chi connectivity index (χ1) is 9.49. The van der Waals surface area contributed by atoms with E-state index in [1.165, 1.54) is 6.07 Å². The molecule has 0 aromatic heterocycles. The predicted molar refractivity (Wildman–Crippen MR) is 65.5 cm³/mol. The van der Waals surface area contributed by atoms with Gasteiger partial charge < -0.3 is 9.84 Å². The maximum Gasteiger partial charge on any atom is 0.314 e.